The lowest BCUT2D eigenvalue weighted by atomic mass is 10.0. The first-order chi connectivity index (χ1) is 20.8. The van der Waals surface area contributed by atoms with Crippen LogP contribution in [0, 0.1) is 0 Å². The van der Waals surface area contributed by atoms with Crippen LogP contribution in [0.2, 0.25) is 5.02 Å². The van der Waals surface area contributed by atoms with E-state index in [2.05, 4.69) is 5.32 Å². The van der Waals surface area contributed by atoms with Gasteiger partial charge >= 0.3 is 6.18 Å². The number of alkyl halides is 3. The molecule has 0 unspecified atom stereocenters. The predicted octanol–water partition coefficient (Wildman–Crippen LogP) is 6.46. The maximum atomic E-state index is 13.8. The fraction of sp³-hybridized carbons (Fsp3) is 0.375. The Balaban J connectivity index is 1.89. The number of rotatable bonds is 15. The van der Waals surface area contributed by atoms with Crippen LogP contribution in [-0.2, 0) is 38.8 Å². The van der Waals surface area contributed by atoms with Crippen molar-refractivity contribution in [1.29, 1.82) is 0 Å². The summed E-state index contributed by atoms with van der Waals surface area (Å²) < 4.78 is 66.0. The smallest absolute Gasteiger partial charge is 0.354 e. The molecule has 2 amide bonds. The molecule has 0 heterocycles. The Morgan fingerprint density at radius 1 is 0.932 bits per heavy atom. The van der Waals surface area contributed by atoms with Crippen molar-refractivity contribution in [2.24, 2.45) is 0 Å². The molecule has 0 aliphatic carbocycles. The molecule has 44 heavy (non-hydrogen) atoms. The lowest BCUT2D eigenvalue weighted by molar-refractivity contribution is -0.141. The first-order valence-electron chi connectivity index (χ1n) is 14.3. The Bertz CT molecular complexity index is 1500. The van der Waals surface area contributed by atoms with Gasteiger partial charge in [0, 0.05) is 37.5 Å². The molecule has 0 aliphatic rings. The van der Waals surface area contributed by atoms with E-state index in [9.17, 15) is 31.2 Å². The number of sulfonamides is 1. The van der Waals surface area contributed by atoms with Crippen LogP contribution in [0.15, 0.2) is 78.9 Å². The number of unbranched alkanes of at least 4 members (excludes halogenated alkanes) is 1. The zero-order chi connectivity index (χ0) is 32.3. The van der Waals surface area contributed by atoms with Gasteiger partial charge in [-0.15, -0.1) is 0 Å². The van der Waals surface area contributed by atoms with E-state index in [1.807, 2.05) is 37.3 Å². The average Bonchev–Trinajstić information content (AvgIpc) is 2.96. The molecule has 0 saturated heterocycles. The molecular weight excluding hydrogens is 615 g/mol. The van der Waals surface area contributed by atoms with Crippen LogP contribution in [0.25, 0.3) is 0 Å². The zero-order valence-electron chi connectivity index (χ0n) is 24.7. The summed E-state index contributed by atoms with van der Waals surface area (Å²) in [4.78, 5) is 28.8. The van der Waals surface area contributed by atoms with Gasteiger partial charge < -0.3 is 10.2 Å². The summed E-state index contributed by atoms with van der Waals surface area (Å²) in [6.45, 7) is 2.28. The van der Waals surface area contributed by atoms with Gasteiger partial charge in [-0.3, -0.25) is 13.9 Å². The summed E-state index contributed by atoms with van der Waals surface area (Å²) in [7, 11) is -3.97. The summed E-state index contributed by atoms with van der Waals surface area (Å²) >= 11 is 6.21. The second-order valence-electron chi connectivity index (χ2n) is 10.5. The van der Waals surface area contributed by atoms with Crippen molar-refractivity contribution in [2.75, 3.05) is 23.7 Å². The number of carbonyl (C=O) groups excluding carboxylic acids is 2. The summed E-state index contributed by atoms with van der Waals surface area (Å²) in [6, 6.07) is 19.4. The number of nitrogens with one attached hydrogen (secondary N) is 1. The number of carbonyl (C=O) groups is 2. The Morgan fingerprint density at radius 3 is 2.25 bits per heavy atom. The summed E-state index contributed by atoms with van der Waals surface area (Å²) in [5.74, 6) is -0.728. The molecule has 3 rings (SSSR count). The van der Waals surface area contributed by atoms with Gasteiger partial charge in [0.05, 0.1) is 17.5 Å². The lowest BCUT2D eigenvalue weighted by Gasteiger charge is -2.32. The van der Waals surface area contributed by atoms with E-state index in [1.54, 1.807) is 24.3 Å². The van der Waals surface area contributed by atoms with Crippen LogP contribution < -0.4 is 9.62 Å². The summed E-state index contributed by atoms with van der Waals surface area (Å²) in [5.41, 5.74) is 0.417. The Labute approximate surface area is 262 Å². The summed E-state index contributed by atoms with van der Waals surface area (Å²) in [5, 5.41) is 3.40. The first-order valence-corrected chi connectivity index (χ1v) is 16.5. The van der Waals surface area contributed by atoms with Gasteiger partial charge in [0.25, 0.3) is 0 Å². The molecule has 1 N–H and O–H groups in total. The standard InChI is InChI=1S/C32H37ClF3N3O4S/c1-3-4-18-37-31(41)29(21-24-11-6-5-7-12-24)38(23-25-13-8-15-27(33)20-25)30(40)17-10-19-39(44(2,42)43)28-16-9-14-26(22-28)32(34,35)36/h5-9,11-16,20,22,29H,3-4,10,17-19,21,23H2,1-2H3,(H,37,41)/t29-/m1/s1. The molecule has 0 spiro atoms. The van der Waals surface area contributed by atoms with Gasteiger partial charge in [0.15, 0.2) is 0 Å². The van der Waals surface area contributed by atoms with Crippen LogP contribution in [-0.4, -0.2) is 50.5 Å². The first kappa shape index (κ1) is 34.9. The van der Waals surface area contributed by atoms with Crippen molar-refractivity contribution in [3.63, 3.8) is 0 Å². The minimum atomic E-state index is -4.65. The third-order valence-corrected chi connectivity index (χ3v) is 8.39. The number of anilines is 1. The highest BCUT2D eigenvalue weighted by Crippen LogP contribution is 2.32. The van der Waals surface area contributed by atoms with Gasteiger partial charge in [-0.2, -0.15) is 13.2 Å². The van der Waals surface area contributed by atoms with E-state index in [1.165, 1.54) is 11.0 Å². The van der Waals surface area contributed by atoms with E-state index in [-0.39, 0.29) is 43.9 Å². The molecule has 3 aromatic rings. The zero-order valence-corrected chi connectivity index (χ0v) is 26.3. The van der Waals surface area contributed by atoms with Crippen molar-refractivity contribution < 1.29 is 31.2 Å². The number of hydrogen-bond donors (Lipinski definition) is 1. The normalized spacial score (nSPS) is 12.4. The predicted molar refractivity (Wildman–Crippen MR) is 167 cm³/mol. The van der Waals surface area contributed by atoms with Crippen molar-refractivity contribution in [2.45, 2.75) is 57.8 Å². The highest BCUT2D eigenvalue weighted by atomic mass is 35.5. The molecule has 0 aromatic heterocycles. The third kappa shape index (κ3) is 10.6. The third-order valence-electron chi connectivity index (χ3n) is 6.96. The molecule has 12 heteroatoms. The van der Waals surface area contributed by atoms with Crippen molar-refractivity contribution in [3.8, 4) is 0 Å². The molecule has 0 radical (unpaired) electrons. The largest absolute Gasteiger partial charge is 0.416 e. The van der Waals surface area contributed by atoms with Crippen LogP contribution in [0.5, 0.6) is 0 Å². The quantitative estimate of drug-likeness (QED) is 0.191. The van der Waals surface area contributed by atoms with E-state index in [0.717, 1.165) is 47.2 Å². The van der Waals surface area contributed by atoms with E-state index in [0.29, 0.717) is 17.1 Å². The molecule has 0 saturated carbocycles. The number of benzene rings is 3. The van der Waals surface area contributed by atoms with Crippen molar-refractivity contribution in [3.05, 3.63) is 101 Å². The molecule has 0 aliphatic heterocycles. The molecule has 1 atom stereocenters. The van der Waals surface area contributed by atoms with Gasteiger partial charge in [-0.25, -0.2) is 8.42 Å². The maximum Gasteiger partial charge on any atom is 0.416 e. The van der Waals surface area contributed by atoms with E-state index < -0.39 is 33.7 Å². The topological polar surface area (TPSA) is 86.8 Å². The van der Waals surface area contributed by atoms with E-state index in [4.69, 9.17) is 11.6 Å². The summed E-state index contributed by atoms with van der Waals surface area (Å²) in [6.07, 6.45) is -2.02. The monoisotopic (exact) mass is 651 g/mol. The van der Waals surface area contributed by atoms with Gasteiger partial charge in [0.2, 0.25) is 21.8 Å². The number of hydrogen-bond acceptors (Lipinski definition) is 4. The minimum absolute atomic E-state index is 0.00368. The van der Waals surface area contributed by atoms with Gasteiger partial charge in [0.1, 0.15) is 6.04 Å². The Hall–Kier alpha value is -3.57. The molecule has 3 aromatic carbocycles. The molecular formula is C32H37ClF3N3O4S. The minimum Gasteiger partial charge on any atom is -0.354 e. The average molecular weight is 652 g/mol. The molecule has 7 nitrogen and oxygen atoms in total. The van der Waals surface area contributed by atoms with Crippen molar-refractivity contribution in [1.82, 2.24) is 10.2 Å². The fourth-order valence-electron chi connectivity index (χ4n) is 4.73. The highest BCUT2D eigenvalue weighted by Gasteiger charge is 2.32. The molecule has 238 valence electrons. The lowest BCUT2D eigenvalue weighted by Crippen LogP contribution is -2.50. The van der Waals surface area contributed by atoms with Gasteiger partial charge in [-0.1, -0.05) is 73.5 Å². The number of halogens is 4. The molecule has 0 bridgehead atoms. The maximum absolute atomic E-state index is 13.8. The number of amides is 2. The van der Waals surface area contributed by atoms with Crippen LogP contribution in [0.4, 0.5) is 18.9 Å². The second kappa shape index (κ2) is 15.9. The highest BCUT2D eigenvalue weighted by molar-refractivity contribution is 7.92. The Kier molecular flexibility index (Phi) is 12.7. The van der Waals surface area contributed by atoms with Gasteiger partial charge in [-0.05, 0) is 54.3 Å². The van der Waals surface area contributed by atoms with E-state index >= 15 is 0 Å². The molecule has 0 fully saturated rings. The number of nitrogens with zero attached hydrogens (tertiary/aromatic N) is 2. The van der Waals surface area contributed by atoms with Crippen LogP contribution in [0.3, 0.4) is 0 Å². The SMILES string of the molecule is CCCCNC(=O)[C@@H](Cc1ccccc1)N(Cc1cccc(Cl)c1)C(=O)CCCN(c1cccc(C(F)(F)F)c1)S(C)(=O)=O. The van der Waals surface area contributed by atoms with Crippen LogP contribution in [0.1, 0.15) is 49.3 Å². The van der Waals surface area contributed by atoms with Crippen LogP contribution >= 0.6 is 11.6 Å². The second-order valence-corrected chi connectivity index (χ2v) is 12.8. The fourth-order valence-corrected chi connectivity index (χ4v) is 5.90. The Morgan fingerprint density at radius 2 is 1.61 bits per heavy atom. The van der Waals surface area contributed by atoms with Crippen molar-refractivity contribution >= 4 is 39.1 Å².